The molecule has 0 bridgehead atoms. The summed E-state index contributed by atoms with van der Waals surface area (Å²) in [6.45, 7) is 0. The lowest BCUT2D eigenvalue weighted by Crippen LogP contribution is -2.22. The maximum absolute atomic E-state index is 12.4. The standard InChI is InChI=1S/C25H25N3O5S/c1-28(2)34(29,30)18-11-9-16(10-12-18)19-7-6-8-20-24(19)27-21(15-26-20)17-13-22(31-3)25(33-5)23(14-17)32-4/h6-15H,1-5H3. The molecule has 0 aliphatic heterocycles. The molecule has 0 unspecified atom stereocenters. The predicted molar refractivity (Wildman–Crippen MR) is 131 cm³/mol. The first-order chi connectivity index (χ1) is 16.3. The van der Waals surface area contributed by atoms with Gasteiger partial charge in [-0.25, -0.2) is 17.7 Å². The number of ether oxygens (including phenoxy) is 3. The van der Waals surface area contributed by atoms with Crippen LogP contribution >= 0.6 is 0 Å². The Morgan fingerprint density at radius 2 is 1.47 bits per heavy atom. The monoisotopic (exact) mass is 479 g/mol. The summed E-state index contributed by atoms with van der Waals surface area (Å²) in [7, 11) is 4.18. The van der Waals surface area contributed by atoms with Crippen molar-refractivity contribution in [2.24, 2.45) is 0 Å². The SMILES string of the molecule is COc1cc(-c2cnc3cccc(-c4ccc(S(=O)(=O)N(C)C)cc4)c3n2)cc(OC)c1OC. The molecule has 0 aliphatic rings. The molecule has 0 amide bonds. The van der Waals surface area contributed by atoms with Crippen molar-refractivity contribution in [1.29, 1.82) is 0 Å². The van der Waals surface area contributed by atoms with E-state index in [1.165, 1.54) is 18.4 Å². The predicted octanol–water partition coefficient (Wildman–Crippen LogP) is 4.24. The van der Waals surface area contributed by atoms with Gasteiger partial charge in [-0.1, -0.05) is 24.3 Å². The smallest absolute Gasteiger partial charge is 0.242 e. The average Bonchev–Trinajstić information content (AvgIpc) is 2.87. The number of hydrogen-bond acceptors (Lipinski definition) is 7. The Kier molecular flexibility index (Phi) is 6.41. The zero-order valence-corrected chi connectivity index (χ0v) is 20.4. The lowest BCUT2D eigenvalue weighted by Gasteiger charge is -2.14. The van der Waals surface area contributed by atoms with E-state index < -0.39 is 10.0 Å². The lowest BCUT2D eigenvalue weighted by atomic mass is 10.0. The summed E-state index contributed by atoms with van der Waals surface area (Å²) >= 11 is 0. The van der Waals surface area contributed by atoms with E-state index in [0.717, 1.165) is 22.2 Å². The second kappa shape index (κ2) is 9.28. The maximum Gasteiger partial charge on any atom is 0.242 e. The van der Waals surface area contributed by atoms with E-state index in [1.807, 2.05) is 30.3 Å². The fourth-order valence-electron chi connectivity index (χ4n) is 3.65. The minimum absolute atomic E-state index is 0.227. The van der Waals surface area contributed by atoms with Crippen molar-refractivity contribution >= 4 is 21.1 Å². The Labute approximate surface area is 198 Å². The van der Waals surface area contributed by atoms with Crippen LogP contribution in [0.25, 0.3) is 33.4 Å². The van der Waals surface area contributed by atoms with E-state index in [2.05, 4.69) is 4.98 Å². The highest BCUT2D eigenvalue weighted by molar-refractivity contribution is 7.89. The topological polar surface area (TPSA) is 90.9 Å². The van der Waals surface area contributed by atoms with Crippen LogP contribution in [0.5, 0.6) is 17.2 Å². The fourth-order valence-corrected chi connectivity index (χ4v) is 4.55. The molecule has 3 aromatic carbocycles. The number of fused-ring (bicyclic) bond motifs is 1. The molecule has 0 radical (unpaired) electrons. The molecule has 0 atom stereocenters. The van der Waals surface area contributed by atoms with Crippen LogP contribution in [0.2, 0.25) is 0 Å². The van der Waals surface area contributed by atoms with Crippen molar-refractivity contribution in [2.45, 2.75) is 4.90 Å². The zero-order valence-electron chi connectivity index (χ0n) is 19.6. The second-order valence-electron chi connectivity index (χ2n) is 7.65. The first-order valence-electron chi connectivity index (χ1n) is 10.4. The molecule has 0 N–H and O–H groups in total. The Morgan fingerprint density at radius 1 is 0.824 bits per heavy atom. The summed E-state index contributed by atoms with van der Waals surface area (Å²) < 4.78 is 42.4. The van der Waals surface area contributed by atoms with Crippen LogP contribution in [0.1, 0.15) is 0 Å². The molecule has 34 heavy (non-hydrogen) atoms. The summed E-state index contributed by atoms with van der Waals surface area (Å²) in [6.07, 6.45) is 1.69. The average molecular weight is 480 g/mol. The van der Waals surface area contributed by atoms with Gasteiger partial charge >= 0.3 is 0 Å². The largest absolute Gasteiger partial charge is 0.493 e. The van der Waals surface area contributed by atoms with Crippen LogP contribution in [-0.2, 0) is 10.0 Å². The molecule has 0 saturated carbocycles. The number of rotatable bonds is 7. The fraction of sp³-hybridized carbons (Fsp3) is 0.200. The van der Waals surface area contributed by atoms with Crippen molar-refractivity contribution in [3.63, 3.8) is 0 Å². The molecule has 4 aromatic rings. The minimum Gasteiger partial charge on any atom is -0.493 e. The molecular weight excluding hydrogens is 454 g/mol. The van der Waals surface area contributed by atoms with Gasteiger partial charge in [-0.05, 0) is 35.9 Å². The molecule has 4 rings (SSSR count). The maximum atomic E-state index is 12.4. The van der Waals surface area contributed by atoms with Gasteiger partial charge in [-0.3, -0.25) is 4.98 Å². The van der Waals surface area contributed by atoms with Gasteiger partial charge in [0.2, 0.25) is 15.8 Å². The number of sulfonamides is 1. The molecule has 9 heteroatoms. The number of aromatic nitrogens is 2. The van der Waals surface area contributed by atoms with Gasteiger partial charge in [0.25, 0.3) is 0 Å². The van der Waals surface area contributed by atoms with Gasteiger partial charge in [0.15, 0.2) is 11.5 Å². The number of methoxy groups -OCH3 is 3. The van der Waals surface area contributed by atoms with E-state index >= 15 is 0 Å². The quantitative estimate of drug-likeness (QED) is 0.392. The van der Waals surface area contributed by atoms with E-state index in [-0.39, 0.29) is 4.90 Å². The highest BCUT2D eigenvalue weighted by atomic mass is 32.2. The Morgan fingerprint density at radius 3 is 2.03 bits per heavy atom. The van der Waals surface area contributed by atoms with Gasteiger partial charge in [0.05, 0.1) is 49.1 Å². The molecule has 0 spiro atoms. The third-order valence-electron chi connectivity index (χ3n) is 5.48. The van der Waals surface area contributed by atoms with Crippen LogP contribution in [0.4, 0.5) is 0 Å². The van der Waals surface area contributed by atoms with Crippen molar-refractivity contribution in [1.82, 2.24) is 14.3 Å². The molecule has 1 heterocycles. The van der Waals surface area contributed by atoms with Gasteiger partial charge in [0, 0.05) is 25.2 Å². The van der Waals surface area contributed by atoms with Gasteiger partial charge in [-0.15, -0.1) is 0 Å². The Bertz CT molecular complexity index is 1430. The van der Waals surface area contributed by atoms with Gasteiger partial charge < -0.3 is 14.2 Å². The summed E-state index contributed by atoms with van der Waals surface area (Å²) in [5.74, 6) is 1.53. The van der Waals surface area contributed by atoms with Gasteiger partial charge in [-0.2, -0.15) is 0 Å². The molecule has 8 nitrogen and oxygen atoms in total. The molecule has 176 valence electrons. The lowest BCUT2D eigenvalue weighted by molar-refractivity contribution is 0.324. The molecule has 1 aromatic heterocycles. The minimum atomic E-state index is -3.51. The van der Waals surface area contributed by atoms with Crippen LogP contribution in [0, 0.1) is 0 Å². The number of nitrogens with zero attached hydrogens (tertiary/aromatic N) is 3. The highest BCUT2D eigenvalue weighted by Gasteiger charge is 2.18. The number of para-hydroxylation sites is 1. The van der Waals surface area contributed by atoms with E-state index in [0.29, 0.717) is 28.5 Å². The molecule has 0 aliphatic carbocycles. The normalized spacial score (nSPS) is 11.6. The molecule has 0 saturated heterocycles. The number of benzene rings is 3. The number of hydrogen-bond donors (Lipinski definition) is 0. The van der Waals surface area contributed by atoms with Crippen molar-refractivity contribution in [3.8, 4) is 39.6 Å². The van der Waals surface area contributed by atoms with Crippen LogP contribution in [0.3, 0.4) is 0 Å². The third-order valence-corrected chi connectivity index (χ3v) is 7.31. The summed E-state index contributed by atoms with van der Waals surface area (Å²) in [4.78, 5) is 9.71. The van der Waals surface area contributed by atoms with Crippen molar-refractivity contribution in [3.05, 3.63) is 60.8 Å². The van der Waals surface area contributed by atoms with Gasteiger partial charge in [0.1, 0.15) is 0 Å². The molecule has 0 fully saturated rings. The van der Waals surface area contributed by atoms with E-state index in [1.54, 1.807) is 51.8 Å². The molecular formula is C25H25N3O5S. The van der Waals surface area contributed by atoms with Crippen LogP contribution < -0.4 is 14.2 Å². The van der Waals surface area contributed by atoms with E-state index in [4.69, 9.17) is 19.2 Å². The Hall–Kier alpha value is -3.69. The zero-order chi connectivity index (χ0) is 24.5. The van der Waals surface area contributed by atoms with Crippen molar-refractivity contribution in [2.75, 3.05) is 35.4 Å². The third kappa shape index (κ3) is 4.15. The Balaban J connectivity index is 1.84. The van der Waals surface area contributed by atoms with Crippen LogP contribution in [0.15, 0.2) is 65.7 Å². The van der Waals surface area contributed by atoms with Crippen LogP contribution in [-0.4, -0.2) is 58.1 Å². The van der Waals surface area contributed by atoms with Crippen molar-refractivity contribution < 1.29 is 22.6 Å². The summed E-state index contributed by atoms with van der Waals surface area (Å²) in [6, 6.07) is 16.1. The second-order valence-corrected chi connectivity index (χ2v) is 9.81. The summed E-state index contributed by atoms with van der Waals surface area (Å²) in [5, 5.41) is 0. The first-order valence-corrected chi connectivity index (χ1v) is 11.8. The van der Waals surface area contributed by atoms with E-state index in [9.17, 15) is 8.42 Å². The first kappa shape index (κ1) is 23.5. The highest BCUT2D eigenvalue weighted by Crippen LogP contribution is 2.41. The summed E-state index contributed by atoms with van der Waals surface area (Å²) in [5.41, 5.74) is 4.47.